The zero-order chi connectivity index (χ0) is 10.9. The molecule has 1 rings (SSSR count). The fourth-order valence-corrected chi connectivity index (χ4v) is 1.55. The molecule has 1 aliphatic heterocycles. The molecule has 0 radical (unpaired) electrons. The highest BCUT2D eigenvalue weighted by atomic mass is 16.5. The highest BCUT2D eigenvalue weighted by Crippen LogP contribution is 2.16. The minimum atomic E-state index is 0.217. The lowest BCUT2D eigenvalue weighted by Gasteiger charge is -2.05. The molecule has 0 bridgehead atoms. The Bertz CT molecular complexity index is 192. The highest BCUT2D eigenvalue weighted by molar-refractivity contribution is 5.68. The molecule has 0 aromatic rings. The topological polar surface area (TPSA) is 34.0 Å². The fraction of sp³-hybridized carbons (Fsp3) is 0.833. The SMILES string of the molecule is CCC/N=C/[C@@H]1CC[C@H](/C=N/CCC)O1. The van der Waals surface area contributed by atoms with E-state index in [2.05, 4.69) is 23.8 Å². The van der Waals surface area contributed by atoms with Crippen LogP contribution in [0, 0.1) is 0 Å². The van der Waals surface area contributed by atoms with E-state index in [0.29, 0.717) is 0 Å². The van der Waals surface area contributed by atoms with Crippen LogP contribution in [0.5, 0.6) is 0 Å². The Morgan fingerprint density at radius 3 is 1.87 bits per heavy atom. The van der Waals surface area contributed by atoms with E-state index in [4.69, 9.17) is 4.74 Å². The van der Waals surface area contributed by atoms with Crippen LogP contribution in [-0.4, -0.2) is 37.7 Å². The fourth-order valence-electron chi connectivity index (χ4n) is 1.55. The Morgan fingerprint density at radius 1 is 1.00 bits per heavy atom. The molecule has 1 fully saturated rings. The summed E-state index contributed by atoms with van der Waals surface area (Å²) in [6, 6.07) is 0. The monoisotopic (exact) mass is 210 g/mol. The van der Waals surface area contributed by atoms with E-state index in [-0.39, 0.29) is 12.2 Å². The maximum atomic E-state index is 5.76. The maximum absolute atomic E-state index is 5.76. The molecule has 3 heteroatoms. The first kappa shape index (κ1) is 12.4. The van der Waals surface area contributed by atoms with Crippen molar-refractivity contribution < 1.29 is 4.74 Å². The van der Waals surface area contributed by atoms with E-state index < -0.39 is 0 Å². The first-order chi connectivity index (χ1) is 7.36. The molecule has 0 aromatic heterocycles. The van der Waals surface area contributed by atoms with Crippen molar-refractivity contribution in [2.45, 2.75) is 51.7 Å². The molecule has 86 valence electrons. The molecule has 0 unspecified atom stereocenters. The van der Waals surface area contributed by atoms with Crippen molar-refractivity contribution in [3.05, 3.63) is 0 Å². The molecule has 0 aliphatic carbocycles. The average Bonchev–Trinajstić information content (AvgIpc) is 2.67. The van der Waals surface area contributed by atoms with Gasteiger partial charge in [0.05, 0.1) is 12.2 Å². The van der Waals surface area contributed by atoms with Gasteiger partial charge in [-0.2, -0.15) is 0 Å². The van der Waals surface area contributed by atoms with Crippen molar-refractivity contribution in [2.24, 2.45) is 9.98 Å². The number of aliphatic imine (C=N–C) groups is 2. The van der Waals surface area contributed by atoms with Crippen LogP contribution in [0.1, 0.15) is 39.5 Å². The van der Waals surface area contributed by atoms with Crippen LogP contribution >= 0.6 is 0 Å². The normalized spacial score (nSPS) is 27.1. The van der Waals surface area contributed by atoms with Gasteiger partial charge in [-0.25, -0.2) is 0 Å². The van der Waals surface area contributed by atoms with E-state index in [1.165, 1.54) is 0 Å². The zero-order valence-electron chi connectivity index (χ0n) is 9.85. The lowest BCUT2D eigenvalue weighted by molar-refractivity contribution is 0.129. The van der Waals surface area contributed by atoms with Crippen molar-refractivity contribution in [2.75, 3.05) is 13.1 Å². The van der Waals surface area contributed by atoms with Gasteiger partial charge in [-0.3, -0.25) is 9.98 Å². The summed E-state index contributed by atoms with van der Waals surface area (Å²) in [5.74, 6) is 0. The summed E-state index contributed by atoms with van der Waals surface area (Å²) in [7, 11) is 0. The highest BCUT2D eigenvalue weighted by Gasteiger charge is 2.21. The van der Waals surface area contributed by atoms with E-state index in [1.54, 1.807) is 0 Å². The quantitative estimate of drug-likeness (QED) is 0.620. The Kier molecular flexibility index (Phi) is 6.25. The third kappa shape index (κ3) is 5.07. The average molecular weight is 210 g/mol. The van der Waals surface area contributed by atoms with Crippen LogP contribution in [-0.2, 0) is 4.74 Å². The molecule has 2 atom stereocenters. The minimum Gasteiger partial charge on any atom is -0.364 e. The van der Waals surface area contributed by atoms with Gasteiger partial charge >= 0.3 is 0 Å². The molecular formula is C12H22N2O. The van der Waals surface area contributed by atoms with Gasteiger partial charge in [0.1, 0.15) is 0 Å². The summed E-state index contributed by atoms with van der Waals surface area (Å²) in [5, 5.41) is 0. The van der Waals surface area contributed by atoms with Gasteiger partial charge in [-0.1, -0.05) is 13.8 Å². The predicted octanol–water partition coefficient (Wildman–Crippen LogP) is 2.50. The van der Waals surface area contributed by atoms with Crippen LogP contribution in [0.3, 0.4) is 0 Å². The van der Waals surface area contributed by atoms with Gasteiger partial charge in [0.2, 0.25) is 0 Å². The number of hydrogen-bond acceptors (Lipinski definition) is 3. The predicted molar refractivity (Wildman–Crippen MR) is 65.2 cm³/mol. The van der Waals surface area contributed by atoms with E-state index >= 15 is 0 Å². The zero-order valence-corrected chi connectivity index (χ0v) is 9.85. The molecule has 3 nitrogen and oxygen atoms in total. The number of ether oxygens (including phenoxy) is 1. The van der Waals surface area contributed by atoms with Gasteiger partial charge in [0.15, 0.2) is 0 Å². The molecule has 0 saturated carbocycles. The van der Waals surface area contributed by atoms with Gasteiger partial charge in [0.25, 0.3) is 0 Å². The van der Waals surface area contributed by atoms with Crippen LogP contribution in [0.25, 0.3) is 0 Å². The Morgan fingerprint density at radius 2 is 1.47 bits per heavy atom. The molecule has 1 aliphatic rings. The van der Waals surface area contributed by atoms with Crippen LogP contribution in [0.2, 0.25) is 0 Å². The Hall–Kier alpha value is -0.700. The summed E-state index contributed by atoms with van der Waals surface area (Å²) >= 11 is 0. The summed E-state index contributed by atoms with van der Waals surface area (Å²) in [6.07, 6.45) is 8.71. The number of rotatable bonds is 6. The van der Waals surface area contributed by atoms with Crippen molar-refractivity contribution >= 4 is 12.4 Å². The standard InChI is InChI=1S/C12H22N2O/c1-3-7-13-9-11-5-6-12(15-11)10-14-8-4-2/h9-12H,3-8H2,1-2H3/b13-9+,14-10+/t11-,12+. The molecule has 0 aromatic carbocycles. The second-order valence-electron chi connectivity index (χ2n) is 3.90. The summed E-state index contributed by atoms with van der Waals surface area (Å²) < 4.78 is 5.76. The third-order valence-corrected chi connectivity index (χ3v) is 2.33. The van der Waals surface area contributed by atoms with E-state index in [0.717, 1.165) is 38.8 Å². The summed E-state index contributed by atoms with van der Waals surface area (Å²) in [4.78, 5) is 8.62. The second-order valence-corrected chi connectivity index (χ2v) is 3.90. The smallest absolute Gasteiger partial charge is 0.0931 e. The molecule has 1 saturated heterocycles. The maximum Gasteiger partial charge on any atom is 0.0931 e. The second kappa shape index (κ2) is 7.57. The third-order valence-electron chi connectivity index (χ3n) is 2.33. The van der Waals surface area contributed by atoms with Crippen LogP contribution in [0.4, 0.5) is 0 Å². The van der Waals surface area contributed by atoms with Gasteiger partial charge in [0, 0.05) is 25.5 Å². The van der Waals surface area contributed by atoms with E-state index in [1.807, 2.05) is 12.4 Å². The van der Waals surface area contributed by atoms with Gasteiger partial charge in [-0.05, 0) is 25.7 Å². The molecule has 0 amide bonds. The first-order valence-corrected chi connectivity index (χ1v) is 6.02. The van der Waals surface area contributed by atoms with Crippen molar-refractivity contribution in [3.8, 4) is 0 Å². The Balaban J connectivity index is 2.20. The number of hydrogen-bond donors (Lipinski definition) is 0. The van der Waals surface area contributed by atoms with Crippen LogP contribution < -0.4 is 0 Å². The van der Waals surface area contributed by atoms with Crippen molar-refractivity contribution in [3.63, 3.8) is 0 Å². The van der Waals surface area contributed by atoms with Gasteiger partial charge < -0.3 is 4.74 Å². The minimum absolute atomic E-state index is 0.217. The van der Waals surface area contributed by atoms with E-state index in [9.17, 15) is 0 Å². The molecule has 1 heterocycles. The van der Waals surface area contributed by atoms with Crippen LogP contribution in [0.15, 0.2) is 9.98 Å². The largest absolute Gasteiger partial charge is 0.364 e. The Labute approximate surface area is 92.7 Å². The summed E-state index contributed by atoms with van der Waals surface area (Å²) in [6.45, 7) is 6.09. The summed E-state index contributed by atoms with van der Waals surface area (Å²) in [5.41, 5.74) is 0. The van der Waals surface area contributed by atoms with Gasteiger partial charge in [-0.15, -0.1) is 0 Å². The number of nitrogens with zero attached hydrogens (tertiary/aromatic N) is 2. The first-order valence-electron chi connectivity index (χ1n) is 6.02. The molecule has 0 spiro atoms. The molecular weight excluding hydrogens is 188 g/mol. The lowest BCUT2D eigenvalue weighted by atomic mass is 10.2. The lowest BCUT2D eigenvalue weighted by Crippen LogP contribution is -2.13. The molecule has 0 N–H and O–H groups in total. The molecule has 15 heavy (non-hydrogen) atoms. The van der Waals surface area contributed by atoms with Crippen molar-refractivity contribution in [1.82, 2.24) is 0 Å². The van der Waals surface area contributed by atoms with Crippen molar-refractivity contribution in [1.29, 1.82) is 0 Å².